The van der Waals surface area contributed by atoms with Crippen molar-refractivity contribution in [2.24, 2.45) is 11.8 Å². The van der Waals surface area contributed by atoms with E-state index in [4.69, 9.17) is 4.42 Å². The van der Waals surface area contributed by atoms with Crippen molar-refractivity contribution >= 4 is 29.4 Å². The zero-order valence-corrected chi connectivity index (χ0v) is 24.4. The molecular formula is C29H46FN5O4S. The van der Waals surface area contributed by atoms with Gasteiger partial charge in [0.1, 0.15) is 5.82 Å². The number of hydrogen-bond donors (Lipinski definition) is 2. The van der Waals surface area contributed by atoms with Crippen LogP contribution in [-0.2, 0) is 11.3 Å². The number of aromatic nitrogens is 2. The summed E-state index contributed by atoms with van der Waals surface area (Å²) < 4.78 is 20.3. The number of halogens is 1. The molecule has 0 saturated heterocycles. The van der Waals surface area contributed by atoms with Crippen LogP contribution in [0.5, 0.6) is 0 Å². The molecule has 0 bridgehead atoms. The highest BCUT2D eigenvalue weighted by Crippen LogP contribution is 2.27. The standard InChI is InChI=1S/C28H40FN5O4S.CH4.H2/c1-16(2)13-23(24(35)27-32-33-28(38-27)39-17(3)4)31-26(37)20-9-7-8-10-22(20)30-25(36)19-12-11-18(14-21(19)29)15-34(5)6;;/h11-12,14,16-17,20,22-23H,7-10,13,15H2,1-6H3,(H,30,36)(H,31,37);1H4;1H/t20-,22+,23+;;/m1../s1. The van der Waals surface area contributed by atoms with Crippen molar-refractivity contribution < 1.29 is 24.6 Å². The Balaban J connectivity index is 0.00000420. The second-order valence-corrected chi connectivity index (χ2v) is 12.6. The average Bonchev–Trinajstić information content (AvgIpc) is 3.30. The minimum absolute atomic E-state index is 0. The molecule has 1 aliphatic carbocycles. The van der Waals surface area contributed by atoms with Crippen LogP contribution in [0.15, 0.2) is 27.8 Å². The maximum Gasteiger partial charge on any atom is 0.286 e. The third-order valence-electron chi connectivity index (χ3n) is 6.49. The topological polar surface area (TPSA) is 117 Å². The summed E-state index contributed by atoms with van der Waals surface area (Å²) in [5.41, 5.74) is 0.711. The van der Waals surface area contributed by atoms with Gasteiger partial charge in [-0.2, -0.15) is 0 Å². The van der Waals surface area contributed by atoms with Gasteiger partial charge in [-0.3, -0.25) is 14.4 Å². The lowest BCUT2D eigenvalue weighted by atomic mass is 9.83. The lowest BCUT2D eigenvalue weighted by Crippen LogP contribution is -2.52. The fraction of sp³-hybridized carbons (Fsp3) is 0.621. The summed E-state index contributed by atoms with van der Waals surface area (Å²) in [6.07, 6.45) is 3.20. The second kappa shape index (κ2) is 15.3. The number of rotatable bonds is 12. The molecule has 0 spiro atoms. The second-order valence-electron chi connectivity index (χ2n) is 11.1. The maximum absolute atomic E-state index is 14.8. The van der Waals surface area contributed by atoms with E-state index >= 15 is 0 Å². The summed E-state index contributed by atoms with van der Waals surface area (Å²) in [4.78, 5) is 41.6. The van der Waals surface area contributed by atoms with E-state index < -0.39 is 35.5 Å². The normalized spacial score (nSPS) is 17.9. The molecule has 2 aromatic rings. The van der Waals surface area contributed by atoms with E-state index in [1.807, 2.05) is 46.7 Å². The molecule has 2 amide bonds. The molecule has 0 aliphatic heterocycles. The van der Waals surface area contributed by atoms with Crippen molar-refractivity contribution in [2.45, 2.75) is 96.3 Å². The van der Waals surface area contributed by atoms with Crippen LogP contribution in [-0.4, -0.2) is 64.1 Å². The van der Waals surface area contributed by atoms with Crippen molar-refractivity contribution in [3.8, 4) is 0 Å². The summed E-state index contributed by atoms with van der Waals surface area (Å²) in [7, 11) is 3.77. The van der Waals surface area contributed by atoms with Crippen molar-refractivity contribution in [1.29, 1.82) is 0 Å². The molecule has 2 N–H and O–H groups in total. The van der Waals surface area contributed by atoms with Crippen LogP contribution in [0.3, 0.4) is 0 Å². The highest BCUT2D eigenvalue weighted by atomic mass is 32.2. The molecule has 0 unspecified atom stereocenters. The van der Waals surface area contributed by atoms with Crippen molar-refractivity contribution in [1.82, 2.24) is 25.7 Å². The van der Waals surface area contributed by atoms with Crippen LogP contribution in [0.2, 0.25) is 0 Å². The first-order chi connectivity index (χ1) is 18.4. The van der Waals surface area contributed by atoms with E-state index in [9.17, 15) is 18.8 Å². The van der Waals surface area contributed by atoms with Crippen molar-refractivity contribution in [3.63, 3.8) is 0 Å². The van der Waals surface area contributed by atoms with Crippen LogP contribution in [0.1, 0.15) is 95.3 Å². The van der Waals surface area contributed by atoms with Gasteiger partial charge in [0.25, 0.3) is 17.0 Å². The fourth-order valence-electron chi connectivity index (χ4n) is 4.76. The van der Waals surface area contributed by atoms with Crippen LogP contribution < -0.4 is 10.6 Å². The first-order valence-corrected chi connectivity index (χ1v) is 14.4. The summed E-state index contributed by atoms with van der Waals surface area (Å²) >= 11 is 1.36. The molecule has 224 valence electrons. The Kier molecular flexibility index (Phi) is 12.8. The van der Waals surface area contributed by atoms with Crippen molar-refractivity contribution in [2.75, 3.05) is 14.1 Å². The number of benzene rings is 1. The molecule has 11 heteroatoms. The highest BCUT2D eigenvalue weighted by molar-refractivity contribution is 7.99. The summed E-state index contributed by atoms with van der Waals surface area (Å²) in [6.45, 7) is 8.43. The van der Waals surface area contributed by atoms with Crippen molar-refractivity contribution in [3.05, 3.63) is 41.0 Å². The molecule has 1 aliphatic rings. The SMILES string of the molecule is C.CC(C)C[C@H](NC(=O)[C@@H]1CCCC[C@@H]1NC(=O)c1ccc(CN(C)C)cc1F)C(=O)c1nnc(SC(C)C)o1.[HH]. The number of thioether (sulfide) groups is 1. The largest absolute Gasteiger partial charge is 0.408 e. The molecule has 1 fully saturated rings. The molecule has 9 nitrogen and oxygen atoms in total. The Morgan fingerprint density at radius 2 is 1.85 bits per heavy atom. The van der Waals surface area contributed by atoms with Gasteiger partial charge in [0.15, 0.2) is 0 Å². The fourth-order valence-corrected chi connectivity index (χ4v) is 5.38. The molecule has 1 aromatic carbocycles. The highest BCUT2D eigenvalue weighted by Gasteiger charge is 2.36. The van der Waals surface area contributed by atoms with E-state index in [-0.39, 0.29) is 37.4 Å². The Morgan fingerprint density at radius 1 is 1.15 bits per heavy atom. The zero-order valence-electron chi connectivity index (χ0n) is 23.6. The van der Waals surface area contributed by atoms with Crippen LogP contribution in [0.25, 0.3) is 0 Å². The van der Waals surface area contributed by atoms with E-state index in [0.717, 1.165) is 18.4 Å². The number of nitrogens with zero attached hydrogens (tertiary/aromatic N) is 3. The van der Waals surface area contributed by atoms with Crippen LogP contribution >= 0.6 is 11.8 Å². The molecule has 40 heavy (non-hydrogen) atoms. The van der Waals surface area contributed by atoms with Gasteiger partial charge in [-0.1, -0.05) is 65.8 Å². The van der Waals surface area contributed by atoms with Gasteiger partial charge in [0, 0.05) is 19.3 Å². The number of hydrogen-bond acceptors (Lipinski definition) is 8. The van der Waals surface area contributed by atoms with Gasteiger partial charge in [-0.25, -0.2) is 4.39 Å². The Morgan fingerprint density at radius 3 is 2.48 bits per heavy atom. The van der Waals surface area contributed by atoms with E-state index in [0.29, 0.717) is 31.0 Å². The monoisotopic (exact) mass is 579 g/mol. The van der Waals surface area contributed by atoms with Crippen LogP contribution in [0.4, 0.5) is 4.39 Å². The lowest BCUT2D eigenvalue weighted by molar-refractivity contribution is -0.127. The van der Waals surface area contributed by atoms with E-state index in [2.05, 4.69) is 20.8 Å². The number of ketones is 1. The Hall–Kier alpha value is -2.79. The quantitative estimate of drug-likeness (QED) is 0.255. The zero-order chi connectivity index (χ0) is 28.7. The summed E-state index contributed by atoms with van der Waals surface area (Å²) in [5.74, 6) is -2.47. The van der Waals surface area contributed by atoms with Gasteiger partial charge in [0.2, 0.25) is 11.7 Å². The number of carbonyl (C=O) groups is 3. The Bertz CT molecular complexity index is 1160. The predicted octanol–water partition coefficient (Wildman–Crippen LogP) is 5.36. The molecule has 3 rings (SSSR count). The maximum atomic E-state index is 14.8. The molecule has 1 aromatic heterocycles. The summed E-state index contributed by atoms with van der Waals surface area (Å²) in [5, 5.41) is 14.1. The summed E-state index contributed by atoms with van der Waals surface area (Å²) in [6, 6.07) is 3.27. The lowest BCUT2D eigenvalue weighted by Gasteiger charge is -2.32. The molecule has 0 radical (unpaired) electrons. The predicted molar refractivity (Wildman–Crippen MR) is 157 cm³/mol. The number of carbonyl (C=O) groups excluding carboxylic acids is 3. The average molecular weight is 580 g/mol. The molecule has 1 heterocycles. The van der Waals surface area contributed by atoms with Gasteiger partial charge in [-0.05, 0) is 57.0 Å². The van der Waals surface area contributed by atoms with E-state index in [1.165, 1.54) is 23.9 Å². The van der Waals surface area contributed by atoms with Crippen LogP contribution in [0, 0.1) is 17.7 Å². The minimum atomic E-state index is -0.838. The smallest absolute Gasteiger partial charge is 0.286 e. The Labute approximate surface area is 242 Å². The first kappa shape index (κ1) is 33.4. The van der Waals surface area contributed by atoms with Gasteiger partial charge >= 0.3 is 0 Å². The van der Waals surface area contributed by atoms with E-state index in [1.54, 1.807) is 6.07 Å². The third kappa shape index (κ3) is 9.40. The first-order valence-electron chi connectivity index (χ1n) is 13.5. The molecular weight excluding hydrogens is 533 g/mol. The van der Waals surface area contributed by atoms with Gasteiger partial charge in [-0.15, -0.1) is 10.2 Å². The number of nitrogens with one attached hydrogen (secondary N) is 2. The minimum Gasteiger partial charge on any atom is -0.408 e. The van der Waals surface area contributed by atoms with Gasteiger partial charge < -0.3 is 20.0 Å². The number of amides is 2. The number of Topliss-reactive ketones (excluding diaryl/α,β-unsaturated/α-hetero) is 1. The molecule has 3 atom stereocenters. The third-order valence-corrected chi connectivity index (χ3v) is 7.33. The molecule has 1 saturated carbocycles. The van der Waals surface area contributed by atoms with Gasteiger partial charge in [0.05, 0.1) is 17.5 Å².